The molecule has 0 aromatic carbocycles. The maximum absolute atomic E-state index is 11.7. The third kappa shape index (κ3) is 2.30. The van der Waals surface area contributed by atoms with Gasteiger partial charge in [-0.1, -0.05) is 0 Å². The third-order valence-corrected chi connectivity index (χ3v) is 3.13. The third-order valence-electron chi connectivity index (χ3n) is 3.13. The van der Waals surface area contributed by atoms with Gasteiger partial charge in [-0.25, -0.2) is 0 Å². The van der Waals surface area contributed by atoms with Gasteiger partial charge < -0.3 is 9.73 Å². The summed E-state index contributed by atoms with van der Waals surface area (Å²) in [5.74, 6) is 1.16. The van der Waals surface area contributed by atoms with Crippen LogP contribution in [0, 0.1) is 5.92 Å². The Morgan fingerprint density at radius 3 is 3.06 bits per heavy atom. The fourth-order valence-corrected chi connectivity index (χ4v) is 1.96. The van der Waals surface area contributed by atoms with Crippen molar-refractivity contribution >= 4 is 5.91 Å². The van der Waals surface area contributed by atoms with E-state index >= 15 is 0 Å². The van der Waals surface area contributed by atoms with Gasteiger partial charge in [-0.15, -0.1) is 0 Å². The topological polar surface area (TPSA) is 60.1 Å². The van der Waals surface area contributed by atoms with E-state index in [-0.39, 0.29) is 17.9 Å². The molecule has 1 N–H and O–H groups in total. The molecule has 0 saturated heterocycles. The Balaban J connectivity index is 1.71. The summed E-state index contributed by atoms with van der Waals surface area (Å²) in [4.78, 5) is 11.7. The van der Waals surface area contributed by atoms with Gasteiger partial charge in [0.2, 0.25) is 5.91 Å². The van der Waals surface area contributed by atoms with Crippen LogP contribution in [0.2, 0.25) is 0 Å². The first kappa shape index (κ1) is 11.1. The van der Waals surface area contributed by atoms with E-state index in [1.54, 1.807) is 17.1 Å². The lowest BCUT2D eigenvalue weighted by Gasteiger charge is -2.16. The molecule has 2 heterocycles. The Morgan fingerprint density at radius 1 is 1.56 bits per heavy atom. The average molecular weight is 245 g/mol. The minimum atomic E-state index is -0.0855. The molecule has 0 radical (unpaired) electrons. The second-order valence-electron chi connectivity index (χ2n) is 4.54. The molecule has 2 aromatic heterocycles. The van der Waals surface area contributed by atoms with Crippen molar-refractivity contribution in [3.05, 3.63) is 42.6 Å². The number of aromatic nitrogens is 2. The van der Waals surface area contributed by atoms with Gasteiger partial charge in [-0.3, -0.25) is 9.48 Å². The molecule has 1 atom stereocenters. The van der Waals surface area contributed by atoms with Crippen molar-refractivity contribution in [2.24, 2.45) is 5.92 Å². The lowest BCUT2D eigenvalue weighted by atomic mass is 10.2. The quantitative estimate of drug-likeness (QED) is 0.870. The van der Waals surface area contributed by atoms with Crippen LogP contribution in [0.25, 0.3) is 0 Å². The van der Waals surface area contributed by atoms with Crippen molar-refractivity contribution in [2.75, 3.05) is 6.54 Å². The smallest absolute Gasteiger partial charge is 0.223 e. The largest absolute Gasteiger partial charge is 0.467 e. The molecule has 2 aromatic rings. The van der Waals surface area contributed by atoms with Crippen LogP contribution in [0.1, 0.15) is 24.6 Å². The normalized spacial score (nSPS) is 16.4. The average Bonchev–Trinajstić information content (AvgIpc) is 2.89. The van der Waals surface area contributed by atoms with Gasteiger partial charge >= 0.3 is 0 Å². The second kappa shape index (κ2) is 4.68. The molecule has 0 aliphatic heterocycles. The van der Waals surface area contributed by atoms with Gasteiger partial charge in [0.05, 0.1) is 6.26 Å². The van der Waals surface area contributed by atoms with Gasteiger partial charge in [-0.2, -0.15) is 5.10 Å². The SMILES string of the molecule is O=C(NC[C@@H](c1ccco1)n1cccn1)C1CC1. The van der Waals surface area contributed by atoms with Crippen LogP contribution in [0.5, 0.6) is 0 Å². The fraction of sp³-hybridized carbons (Fsp3) is 0.385. The maximum atomic E-state index is 11.7. The van der Waals surface area contributed by atoms with Crippen LogP contribution >= 0.6 is 0 Å². The number of carbonyl (C=O) groups is 1. The number of hydrogen-bond donors (Lipinski definition) is 1. The van der Waals surface area contributed by atoms with Gasteiger partial charge in [0.25, 0.3) is 0 Å². The summed E-state index contributed by atoms with van der Waals surface area (Å²) < 4.78 is 7.21. The summed E-state index contributed by atoms with van der Waals surface area (Å²) in [7, 11) is 0. The molecule has 94 valence electrons. The highest BCUT2D eigenvalue weighted by atomic mass is 16.3. The number of nitrogens with zero attached hydrogens (tertiary/aromatic N) is 2. The first-order chi connectivity index (χ1) is 8.84. The molecule has 3 rings (SSSR count). The summed E-state index contributed by atoms with van der Waals surface area (Å²) in [6.45, 7) is 0.504. The van der Waals surface area contributed by atoms with E-state index in [1.807, 2.05) is 24.4 Å². The Morgan fingerprint density at radius 2 is 2.44 bits per heavy atom. The van der Waals surface area contributed by atoms with Gasteiger partial charge in [0.15, 0.2) is 0 Å². The molecule has 5 nitrogen and oxygen atoms in total. The molecule has 1 amide bonds. The van der Waals surface area contributed by atoms with Crippen LogP contribution in [-0.2, 0) is 4.79 Å². The summed E-state index contributed by atoms with van der Waals surface area (Å²) in [6.07, 6.45) is 7.25. The van der Waals surface area contributed by atoms with Crippen molar-refractivity contribution in [2.45, 2.75) is 18.9 Å². The minimum absolute atomic E-state index is 0.0855. The predicted octanol–water partition coefficient (Wildman–Crippen LogP) is 1.59. The van der Waals surface area contributed by atoms with Crippen molar-refractivity contribution in [3.8, 4) is 0 Å². The Bertz CT molecular complexity index is 466. The zero-order chi connectivity index (χ0) is 12.4. The number of rotatable bonds is 5. The van der Waals surface area contributed by atoms with E-state index in [9.17, 15) is 4.79 Å². The highest BCUT2D eigenvalue weighted by Gasteiger charge is 2.30. The number of amides is 1. The van der Waals surface area contributed by atoms with Crippen LogP contribution in [0.3, 0.4) is 0 Å². The van der Waals surface area contributed by atoms with Crippen LogP contribution in [-0.4, -0.2) is 22.2 Å². The highest BCUT2D eigenvalue weighted by molar-refractivity contribution is 5.80. The van der Waals surface area contributed by atoms with E-state index < -0.39 is 0 Å². The Kier molecular flexibility index (Phi) is 2.88. The summed E-state index contributed by atoms with van der Waals surface area (Å²) in [6, 6.07) is 5.51. The summed E-state index contributed by atoms with van der Waals surface area (Å²) in [5.41, 5.74) is 0. The Labute approximate surface area is 105 Å². The van der Waals surface area contributed by atoms with E-state index in [1.165, 1.54) is 0 Å². The monoisotopic (exact) mass is 245 g/mol. The first-order valence-electron chi connectivity index (χ1n) is 6.15. The number of nitrogens with one attached hydrogen (secondary N) is 1. The molecule has 5 heteroatoms. The lowest BCUT2D eigenvalue weighted by molar-refractivity contribution is -0.122. The van der Waals surface area contributed by atoms with E-state index in [0.29, 0.717) is 6.54 Å². The molecular weight excluding hydrogens is 230 g/mol. The number of hydrogen-bond acceptors (Lipinski definition) is 3. The van der Waals surface area contributed by atoms with Crippen molar-refractivity contribution in [3.63, 3.8) is 0 Å². The highest BCUT2D eigenvalue weighted by Crippen LogP contribution is 2.29. The van der Waals surface area contributed by atoms with E-state index in [2.05, 4.69) is 10.4 Å². The number of furan rings is 1. The summed E-state index contributed by atoms with van der Waals surface area (Å²) >= 11 is 0. The van der Waals surface area contributed by atoms with Crippen LogP contribution in [0.4, 0.5) is 0 Å². The van der Waals surface area contributed by atoms with E-state index in [4.69, 9.17) is 4.42 Å². The second-order valence-corrected chi connectivity index (χ2v) is 4.54. The standard InChI is InChI=1S/C13H15N3O2/c17-13(10-4-5-10)14-9-11(12-3-1-8-18-12)16-7-2-6-15-16/h1-3,6-8,10-11H,4-5,9H2,(H,14,17)/t11-/m0/s1. The Hall–Kier alpha value is -2.04. The fourth-order valence-electron chi connectivity index (χ4n) is 1.96. The van der Waals surface area contributed by atoms with Crippen LogP contribution in [0.15, 0.2) is 41.3 Å². The van der Waals surface area contributed by atoms with Gasteiger partial charge in [-0.05, 0) is 31.0 Å². The molecular formula is C13H15N3O2. The molecule has 1 aliphatic carbocycles. The number of carbonyl (C=O) groups excluding carboxylic acids is 1. The molecule has 1 fully saturated rings. The molecule has 1 saturated carbocycles. The zero-order valence-electron chi connectivity index (χ0n) is 9.95. The van der Waals surface area contributed by atoms with Gasteiger partial charge in [0.1, 0.15) is 11.8 Å². The van der Waals surface area contributed by atoms with Crippen LogP contribution < -0.4 is 5.32 Å². The van der Waals surface area contributed by atoms with Crippen molar-refractivity contribution in [1.82, 2.24) is 15.1 Å². The molecule has 1 aliphatic rings. The van der Waals surface area contributed by atoms with Crippen molar-refractivity contribution in [1.29, 1.82) is 0 Å². The zero-order valence-corrected chi connectivity index (χ0v) is 9.95. The minimum Gasteiger partial charge on any atom is -0.467 e. The molecule has 18 heavy (non-hydrogen) atoms. The van der Waals surface area contributed by atoms with E-state index in [0.717, 1.165) is 18.6 Å². The maximum Gasteiger partial charge on any atom is 0.223 e. The molecule has 0 bridgehead atoms. The summed E-state index contributed by atoms with van der Waals surface area (Å²) in [5, 5.41) is 7.18. The molecule has 0 unspecified atom stereocenters. The molecule has 0 spiro atoms. The lowest BCUT2D eigenvalue weighted by Crippen LogP contribution is -2.32. The predicted molar refractivity (Wildman–Crippen MR) is 64.8 cm³/mol. The van der Waals surface area contributed by atoms with Crippen molar-refractivity contribution < 1.29 is 9.21 Å². The van der Waals surface area contributed by atoms with Gasteiger partial charge in [0, 0.05) is 24.9 Å². The first-order valence-corrected chi connectivity index (χ1v) is 6.15.